The maximum atomic E-state index is 8.82. The van der Waals surface area contributed by atoms with Crippen molar-refractivity contribution in [2.75, 3.05) is 13.2 Å². The number of aliphatic hydroxyl groups is 1. The van der Waals surface area contributed by atoms with Gasteiger partial charge in [0.05, 0.1) is 6.10 Å². The van der Waals surface area contributed by atoms with Crippen LogP contribution in [0.1, 0.15) is 73.1 Å². The van der Waals surface area contributed by atoms with Crippen LogP contribution in [0.5, 0.6) is 0 Å². The Hall–Kier alpha value is -0.120. The predicted molar refractivity (Wildman–Crippen MR) is 85.0 cm³/mol. The molecule has 0 amide bonds. The Morgan fingerprint density at radius 1 is 1.10 bits per heavy atom. The van der Waals surface area contributed by atoms with Crippen molar-refractivity contribution in [1.29, 1.82) is 0 Å². The molecule has 1 aliphatic rings. The first-order valence-electron chi connectivity index (χ1n) is 8.26. The van der Waals surface area contributed by atoms with Crippen LogP contribution < -0.4 is 5.32 Å². The molecule has 1 saturated heterocycles. The topological polar surface area (TPSA) is 41.5 Å². The van der Waals surface area contributed by atoms with Gasteiger partial charge in [-0.2, -0.15) is 0 Å². The number of rotatable bonds is 8. The van der Waals surface area contributed by atoms with E-state index in [0.717, 1.165) is 38.7 Å². The molecule has 0 aromatic heterocycles. The molecular formula is C17H35NO2. The zero-order valence-corrected chi connectivity index (χ0v) is 14.2. The molecule has 3 heteroatoms. The van der Waals surface area contributed by atoms with Crippen molar-refractivity contribution in [3.05, 3.63) is 0 Å². The Bertz CT molecular complexity index is 260. The monoisotopic (exact) mass is 285 g/mol. The van der Waals surface area contributed by atoms with Gasteiger partial charge in [-0.25, -0.2) is 0 Å². The van der Waals surface area contributed by atoms with Crippen LogP contribution >= 0.6 is 0 Å². The van der Waals surface area contributed by atoms with E-state index in [4.69, 9.17) is 9.84 Å². The van der Waals surface area contributed by atoms with Gasteiger partial charge in [-0.15, -0.1) is 0 Å². The summed E-state index contributed by atoms with van der Waals surface area (Å²) >= 11 is 0. The lowest BCUT2D eigenvalue weighted by atomic mass is 9.81. The lowest BCUT2D eigenvalue weighted by molar-refractivity contribution is -0.0235. The van der Waals surface area contributed by atoms with Crippen LogP contribution in [0.3, 0.4) is 0 Å². The molecule has 2 N–H and O–H groups in total. The Labute approximate surface area is 125 Å². The molecule has 1 heterocycles. The number of hydrogen-bond donors (Lipinski definition) is 2. The number of ether oxygens (including phenoxy) is 1. The highest BCUT2D eigenvalue weighted by atomic mass is 16.5. The van der Waals surface area contributed by atoms with Crippen LogP contribution in [0.4, 0.5) is 0 Å². The summed E-state index contributed by atoms with van der Waals surface area (Å²) in [4.78, 5) is 0. The van der Waals surface area contributed by atoms with Gasteiger partial charge >= 0.3 is 0 Å². The van der Waals surface area contributed by atoms with Crippen molar-refractivity contribution in [3.8, 4) is 0 Å². The van der Waals surface area contributed by atoms with Gasteiger partial charge in [0.1, 0.15) is 0 Å². The standard InChI is InChI=1S/C17H35NO2/c1-14(8-6-10-19)9-7-11-20-15-12-16(2,3)18-17(4,5)13-15/h14-15,18-19H,6-13H2,1-5H3. The summed E-state index contributed by atoms with van der Waals surface area (Å²) in [6.45, 7) is 12.5. The van der Waals surface area contributed by atoms with E-state index in [1.54, 1.807) is 0 Å². The average Bonchev–Trinajstić information content (AvgIpc) is 2.28. The SMILES string of the molecule is CC(CCCO)CCCOC1CC(C)(C)NC(C)(C)C1. The molecule has 0 saturated carbocycles. The molecule has 0 bridgehead atoms. The summed E-state index contributed by atoms with van der Waals surface area (Å²) in [6.07, 6.45) is 6.97. The van der Waals surface area contributed by atoms with E-state index in [2.05, 4.69) is 39.9 Å². The fourth-order valence-electron chi connectivity index (χ4n) is 3.61. The summed E-state index contributed by atoms with van der Waals surface area (Å²) in [5.74, 6) is 0.701. The third-order valence-electron chi connectivity index (χ3n) is 4.20. The smallest absolute Gasteiger partial charge is 0.0609 e. The molecule has 1 aliphatic heterocycles. The molecular weight excluding hydrogens is 250 g/mol. The molecule has 20 heavy (non-hydrogen) atoms. The molecule has 3 nitrogen and oxygen atoms in total. The second-order valence-corrected chi connectivity index (χ2v) is 7.91. The van der Waals surface area contributed by atoms with Crippen LogP contribution in [0.2, 0.25) is 0 Å². The highest BCUT2D eigenvalue weighted by Gasteiger charge is 2.37. The van der Waals surface area contributed by atoms with Crippen LogP contribution in [0.15, 0.2) is 0 Å². The number of piperidine rings is 1. The second kappa shape index (κ2) is 7.77. The molecule has 1 unspecified atom stereocenters. The van der Waals surface area contributed by atoms with Gasteiger partial charge in [0.2, 0.25) is 0 Å². The second-order valence-electron chi connectivity index (χ2n) is 7.91. The first-order valence-corrected chi connectivity index (χ1v) is 8.26. The van der Waals surface area contributed by atoms with Gasteiger partial charge in [0.15, 0.2) is 0 Å². The first-order chi connectivity index (χ1) is 9.24. The highest BCUT2D eigenvalue weighted by molar-refractivity contribution is 4.97. The maximum Gasteiger partial charge on any atom is 0.0609 e. The third-order valence-corrected chi connectivity index (χ3v) is 4.20. The molecule has 120 valence electrons. The molecule has 1 atom stereocenters. The van der Waals surface area contributed by atoms with Crippen LogP contribution in [0.25, 0.3) is 0 Å². The van der Waals surface area contributed by atoms with Crippen molar-refractivity contribution < 1.29 is 9.84 Å². The van der Waals surface area contributed by atoms with E-state index in [0.29, 0.717) is 18.6 Å². The summed E-state index contributed by atoms with van der Waals surface area (Å²) in [7, 11) is 0. The van der Waals surface area contributed by atoms with Crippen LogP contribution in [0, 0.1) is 5.92 Å². The summed E-state index contributed by atoms with van der Waals surface area (Å²) in [5, 5.41) is 12.5. The quantitative estimate of drug-likeness (QED) is 0.671. The lowest BCUT2D eigenvalue weighted by Gasteiger charge is -2.46. The summed E-state index contributed by atoms with van der Waals surface area (Å²) < 4.78 is 6.12. The number of nitrogens with one attached hydrogen (secondary N) is 1. The summed E-state index contributed by atoms with van der Waals surface area (Å²) in [6, 6.07) is 0. The zero-order chi connectivity index (χ0) is 15.2. The van der Waals surface area contributed by atoms with Crippen molar-refractivity contribution in [1.82, 2.24) is 5.32 Å². The summed E-state index contributed by atoms with van der Waals surface area (Å²) in [5.41, 5.74) is 0.335. The van der Waals surface area contributed by atoms with E-state index < -0.39 is 0 Å². The molecule has 0 aromatic rings. The Morgan fingerprint density at radius 2 is 1.65 bits per heavy atom. The van der Waals surface area contributed by atoms with Gasteiger partial charge in [-0.05, 0) is 72.1 Å². The molecule has 0 radical (unpaired) electrons. The van der Waals surface area contributed by atoms with Gasteiger partial charge in [-0.3, -0.25) is 0 Å². The third kappa shape index (κ3) is 7.05. The van der Waals surface area contributed by atoms with Gasteiger partial charge in [-0.1, -0.05) is 6.92 Å². The predicted octanol–water partition coefficient (Wildman–Crippen LogP) is 3.50. The van der Waals surface area contributed by atoms with E-state index in [-0.39, 0.29) is 11.1 Å². The highest BCUT2D eigenvalue weighted by Crippen LogP contribution is 2.30. The van der Waals surface area contributed by atoms with Gasteiger partial charge < -0.3 is 15.2 Å². The van der Waals surface area contributed by atoms with E-state index in [9.17, 15) is 0 Å². The van der Waals surface area contributed by atoms with Gasteiger partial charge in [0, 0.05) is 24.3 Å². The maximum absolute atomic E-state index is 8.82. The number of hydrogen-bond acceptors (Lipinski definition) is 3. The van der Waals surface area contributed by atoms with E-state index >= 15 is 0 Å². The fraction of sp³-hybridized carbons (Fsp3) is 1.00. The lowest BCUT2D eigenvalue weighted by Crippen LogP contribution is -2.59. The fourth-order valence-corrected chi connectivity index (χ4v) is 3.61. The largest absolute Gasteiger partial charge is 0.396 e. The minimum Gasteiger partial charge on any atom is -0.396 e. The Kier molecular flexibility index (Phi) is 6.96. The zero-order valence-electron chi connectivity index (χ0n) is 14.2. The minimum absolute atomic E-state index is 0.167. The molecule has 1 fully saturated rings. The first kappa shape index (κ1) is 17.9. The normalized spacial score (nSPS) is 23.7. The molecule has 0 aromatic carbocycles. The van der Waals surface area contributed by atoms with Crippen molar-refractivity contribution in [2.24, 2.45) is 5.92 Å². The van der Waals surface area contributed by atoms with Crippen LogP contribution in [-0.2, 0) is 4.74 Å². The Morgan fingerprint density at radius 3 is 2.20 bits per heavy atom. The van der Waals surface area contributed by atoms with E-state index in [1.807, 2.05) is 0 Å². The molecule has 0 aliphatic carbocycles. The van der Waals surface area contributed by atoms with Crippen molar-refractivity contribution in [2.45, 2.75) is 90.3 Å². The van der Waals surface area contributed by atoms with Crippen LogP contribution in [-0.4, -0.2) is 35.5 Å². The average molecular weight is 285 g/mol. The molecule has 1 rings (SSSR count). The number of aliphatic hydroxyl groups excluding tert-OH is 1. The van der Waals surface area contributed by atoms with Gasteiger partial charge in [0.25, 0.3) is 0 Å². The molecule has 0 spiro atoms. The van der Waals surface area contributed by atoms with Crippen molar-refractivity contribution >= 4 is 0 Å². The minimum atomic E-state index is 0.167. The Balaban J connectivity index is 2.21. The van der Waals surface area contributed by atoms with Crippen molar-refractivity contribution in [3.63, 3.8) is 0 Å². The van der Waals surface area contributed by atoms with E-state index in [1.165, 1.54) is 6.42 Å².